The van der Waals surface area contributed by atoms with Gasteiger partial charge in [0.1, 0.15) is 0 Å². The molecular formula is C21H42Cl3N5O2. The molecule has 31 heavy (non-hydrogen) atoms. The molecule has 0 aliphatic carbocycles. The second-order valence-electron chi connectivity index (χ2n) is 8.79. The number of likely N-dealkylation sites (tertiary alicyclic amines) is 2. The predicted octanol–water partition coefficient (Wildman–Crippen LogP) is 1.83. The Bertz CT molecular complexity index is 509. The fourth-order valence-corrected chi connectivity index (χ4v) is 4.77. The summed E-state index contributed by atoms with van der Waals surface area (Å²) in [6.07, 6.45) is 8.73. The van der Waals surface area contributed by atoms with Crippen LogP contribution in [0.15, 0.2) is 0 Å². The highest BCUT2D eigenvalue weighted by molar-refractivity contribution is 5.89. The fraction of sp³-hybridized carbons (Fsp3) is 0.905. The van der Waals surface area contributed by atoms with Gasteiger partial charge in [-0.2, -0.15) is 0 Å². The van der Waals surface area contributed by atoms with Gasteiger partial charge in [0.15, 0.2) is 0 Å². The van der Waals surface area contributed by atoms with Gasteiger partial charge >= 0.3 is 0 Å². The van der Waals surface area contributed by atoms with Gasteiger partial charge in [-0.05, 0) is 64.8 Å². The van der Waals surface area contributed by atoms with Crippen molar-refractivity contribution >= 4 is 49.0 Å². The lowest BCUT2D eigenvalue weighted by Crippen LogP contribution is -2.48. The zero-order valence-corrected chi connectivity index (χ0v) is 21.1. The van der Waals surface area contributed by atoms with E-state index in [0.29, 0.717) is 19.6 Å². The van der Waals surface area contributed by atoms with Crippen LogP contribution in [-0.4, -0.2) is 87.1 Å². The molecule has 184 valence electrons. The molecule has 3 aliphatic rings. The molecule has 3 saturated heterocycles. The average molecular weight is 503 g/mol. The van der Waals surface area contributed by atoms with Crippen molar-refractivity contribution in [1.29, 1.82) is 0 Å². The normalized spacial score (nSPS) is 24.3. The highest BCUT2D eigenvalue weighted by Gasteiger charge is 2.42. The fourth-order valence-electron chi connectivity index (χ4n) is 4.77. The Morgan fingerprint density at radius 3 is 1.77 bits per heavy atom. The third-order valence-corrected chi connectivity index (χ3v) is 6.59. The summed E-state index contributed by atoms with van der Waals surface area (Å²) in [5.74, 6) is 0.0487. The van der Waals surface area contributed by atoms with E-state index in [2.05, 4.69) is 25.8 Å². The summed E-state index contributed by atoms with van der Waals surface area (Å²) < 4.78 is 0. The summed E-state index contributed by atoms with van der Waals surface area (Å²) in [7, 11) is 0. The van der Waals surface area contributed by atoms with Gasteiger partial charge in [-0.1, -0.05) is 12.8 Å². The lowest BCUT2D eigenvalue weighted by atomic mass is 9.82. The van der Waals surface area contributed by atoms with Crippen LogP contribution in [0.4, 0.5) is 0 Å². The number of carbonyl (C=O) groups is 2. The quantitative estimate of drug-likeness (QED) is 0.448. The molecule has 3 N–H and O–H groups in total. The smallest absolute Gasteiger partial charge is 0.228 e. The van der Waals surface area contributed by atoms with Gasteiger partial charge in [0.05, 0.1) is 5.41 Å². The minimum atomic E-state index is -0.586. The Labute approximate surface area is 206 Å². The second-order valence-corrected chi connectivity index (χ2v) is 8.79. The largest absolute Gasteiger partial charge is 0.355 e. The van der Waals surface area contributed by atoms with E-state index in [4.69, 9.17) is 0 Å². The highest BCUT2D eigenvalue weighted by atomic mass is 35.5. The van der Waals surface area contributed by atoms with Gasteiger partial charge < -0.3 is 25.8 Å². The topological polar surface area (TPSA) is 76.7 Å². The van der Waals surface area contributed by atoms with Gasteiger partial charge in [-0.25, -0.2) is 0 Å². The Morgan fingerprint density at radius 1 is 0.774 bits per heavy atom. The van der Waals surface area contributed by atoms with Gasteiger partial charge in [0, 0.05) is 39.1 Å². The Balaban J connectivity index is 0.00000300. The molecular weight excluding hydrogens is 461 g/mol. The van der Waals surface area contributed by atoms with E-state index in [1.807, 2.05) is 0 Å². The number of rotatable bonds is 9. The van der Waals surface area contributed by atoms with E-state index in [-0.39, 0.29) is 55.5 Å². The molecule has 3 heterocycles. The van der Waals surface area contributed by atoms with E-state index >= 15 is 0 Å². The Kier molecular flexibility index (Phi) is 16.2. The molecule has 0 saturated carbocycles. The van der Waals surface area contributed by atoms with E-state index in [9.17, 15) is 9.59 Å². The molecule has 3 rings (SSSR count). The van der Waals surface area contributed by atoms with Crippen molar-refractivity contribution in [2.75, 3.05) is 65.4 Å². The predicted molar refractivity (Wildman–Crippen MR) is 133 cm³/mol. The first-order valence-corrected chi connectivity index (χ1v) is 11.4. The molecule has 0 aromatic heterocycles. The van der Waals surface area contributed by atoms with Crippen LogP contribution < -0.4 is 16.0 Å². The summed E-state index contributed by atoms with van der Waals surface area (Å²) >= 11 is 0. The van der Waals surface area contributed by atoms with Crippen molar-refractivity contribution in [3.63, 3.8) is 0 Å². The standard InChI is InChI=1S/C21H39N5O2.3ClH/c27-19(23-9-15-25-11-3-1-4-12-25)17-21(7-8-22-18-21)20(28)24-10-16-26-13-5-2-6-14-26;;;/h22H,1-18H2,(H,23,27)(H,24,28);3*1H. The summed E-state index contributed by atoms with van der Waals surface area (Å²) in [5.41, 5.74) is -0.586. The first kappa shape index (κ1) is 30.7. The molecule has 1 unspecified atom stereocenters. The maximum atomic E-state index is 12.9. The first-order valence-electron chi connectivity index (χ1n) is 11.4. The molecule has 3 fully saturated rings. The lowest BCUT2D eigenvalue weighted by Gasteiger charge is -2.29. The third kappa shape index (κ3) is 10.0. The van der Waals surface area contributed by atoms with Gasteiger partial charge in [0.25, 0.3) is 0 Å². The number of amides is 2. The molecule has 3 aliphatic heterocycles. The minimum absolute atomic E-state index is 0. The van der Waals surface area contributed by atoms with Crippen molar-refractivity contribution in [2.24, 2.45) is 5.41 Å². The third-order valence-electron chi connectivity index (χ3n) is 6.59. The van der Waals surface area contributed by atoms with Gasteiger partial charge in [-0.15, -0.1) is 37.2 Å². The van der Waals surface area contributed by atoms with Crippen LogP contribution >= 0.6 is 37.2 Å². The number of nitrogens with one attached hydrogen (secondary N) is 3. The van der Waals surface area contributed by atoms with Crippen molar-refractivity contribution in [3.8, 4) is 0 Å². The SMILES string of the molecule is Cl.Cl.Cl.O=C(CC1(C(=O)NCCN2CCCCC2)CCNC1)NCCN1CCCCC1. The first-order chi connectivity index (χ1) is 13.7. The monoisotopic (exact) mass is 501 g/mol. The minimum Gasteiger partial charge on any atom is -0.355 e. The van der Waals surface area contributed by atoms with Gasteiger partial charge in [-0.3, -0.25) is 9.59 Å². The summed E-state index contributed by atoms with van der Waals surface area (Å²) in [5, 5.41) is 9.45. The zero-order valence-electron chi connectivity index (χ0n) is 18.7. The molecule has 1 atom stereocenters. The maximum absolute atomic E-state index is 12.9. The molecule has 0 spiro atoms. The summed E-state index contributed by atoms with van der Waals surface area (Å²) in [6, 6.07) is 0. The number of halogens is 3. The van der Waals surface area contributed by atoms with E-state index < -0.39 is 5.41 Å². The second kappa shape index (κ2) is 16.3. The number of hydrogen-bond acceptors (Lipinski definition) is 5. The molecule has 7 nitrogen and oxygen atoms in total. The van der Waals surface area contributed by atoms with Crippen molar-refractivity contribution in [2.45, 2.75) is 51.4 Å². The number of piperidine rings is 2. The molecule has 10 heteroatoms. The van der Waals surface area contributed by atoms with Gasteiger partial charge in [0.2, 0.25) is 11.8 Å². The number of hydrogen-bond donors (Lipinski definition) is 3. The van der Waals surface area contributed by atoms with Crippen LogP contribution in [0, 0.1) is 5.41 Å². The highest BCUT2D eigenvalue weighted by Crippen LogP contribution is 2.30. The Hall–Kier alpha value is -0.310. The average Bonchev–Trinajstić information content (AvgIpc) is 3.19. The Morgan fingerprint density at radius 2 is 1.29 bits per heavy atom. The van der Waals surface area contributed by atoms with Crippen LogP contribution in [-0.2, 0) is 9.59 Å². The molecule has 2 amide bonds. The summed E-state index contributed by atoms with van der Waals surface area (Å²) in [4.78, 5) is 30.3. The zero-order chi connectivity index (χ0) is 19.7. The molecule has 0 aromatic rings. The summed E-state index contributed by atoms with van der Waals surface area (Å²) in [6.45, 7) is 9.16. The van der Waals surface area contributed by atoms with Crippen molar-refractivity contribution < 1.29 is 9.59 Å². The van der Waals surface area contributed by atoms with Crippen LogP contribution in [0.5, 0.6) is 0 Å². The lowest BCUT2D eigenvalue weighted by molar-refractivity contribution is -0.135. The van der Waals surface area contributed by atoms with Crippen LogP contribution in [0.3, 0.4) is 0 Å². The van der Waals surface area contributed by atoms with E-state index in [0.717, 1.165) is 52.2 Å². The van der Waals surface area contributed by atoms with Crippen LogP contribution in [0.2, 0.25) is 0 Å². The van der Waals surface area contributed by atoms with Crippen LogP contribution in [0.1, 0.15) is 51.4 Å². The van der Waals surface area contributed by atoms with E-state index in [1.165, 1.54) is 38.5 Å². The maximum Gasteiger partial charge on any atom is 0.228 e. The molecule has 0 radical (unpaired) electrons. The molecule has 0 bridgehead atoms. The number of nitrogens with zero attached hydrogens (tertiary/aromatic N) is 2. The van der Waals surface area contributed by atoms with E-state index in [1.54, 1.807) is 0 Å². The molecule has 0 aromatic carbocycles. The van der Waals surface area contributed by atoms with Crippen molar-refractivity contribution in [1.82, 2.24) is 25.8 Å². The van der Waals surface area contributed by atoms with Crippen molar-refractivity contribution in [3.05, 3.63) is 0 Å². The number of carbonyl (C=O) groups excluding carboxylic acids is 2. The van der Waals surface area contributed by atoms with Crippen LogP contribution in [0.25, 0.3) is 0 Å².